The Hall–Kier alpha value is -0.930. The molecule has 1 aromatic carbocycles. The van der Waals surface area contributed by atoms with Crippen molar-refractivity contribution in [1.82, 2.24) is 0 Å². The molecule has 4 heteroatoms. The van der Waals surface area contributed by atoms with E-state index in [1.165, 1.54) is 18.2 Å². The third-order valence-corrected chi connectivity index (χ3v) is 3.06. The molecule has 2 nitrogen and oxygen atoms in total. The zero-order valence-corrected chi connectivity index (χ0v) is 8.85. The van der Waals surface area contributed by atoms with Gasteiger partial charge in [-0.15, -0.1) is 0 Å². The predicted molar refractivity (Wildman–Crippen MR) is 56.3 cm³/mol. The van der Waals surface area contributed by atoms with E-state index in [9.17, 15) is 9.18 Å². The van der Waals surface area contributed by atoms with Gasteiger partial charge in [0, 0.05) is 11.4 Å². The van der Waals surface area contributed by atoms with E-state index in [0.29, 0.717) is 5.56 Å². The van der Waals surface area contributed by atoms with Crippen molar-refractivity contribution in [2.24, 2.45) is 5.73 Å². The molecule has 2 N–H and O–H groups in total. The number of hydrogen-bond donors (Lipinski definition) is 1. The van der Waals surface area contributed by atoms with Gasteiger partial charge in [-0.3, -0.25) is 4.79 Å². The largest absolute Gasteiger partial charge is 0.319 e. The lowest BCUT2D eigenvalue weighted by atomic mass is 10.0. The second-order valence-corrected chi connectivity index (χ2v) is 4.40. The van der Waals surface area contributed by atoms with Gasteiger partial charge in [-0.25, -0.2) is 4.39 Å². The number of halogens is 2. The fraction of sp³-hybridized carbons (Fsp3) is 0.364. The lowest BCUT2D eigenvalue weighted by Gasteiger charge is -2.08. The Morgan fingerprint density at radius 3 is 2.73 bits per heavy atom. The highest BCUT2D eigenvalue weighted by Gasteiger charge is 2.45. The molecule has 1 aliphatic carbocycles. The number of benzene rings is 1. The molecule has 0 spiro atoms. The third kappa shape index (κ3) is 2.19. The van der Waals surface area contributed by atoms with Gasteiger partial charge >= 0.3 is 0 Å². The third-order valence-electron chi connectivity index (χ3n) is 2.71. The van der Waals surface area contributed by atoms with Gasteiger partial charge in [-0.2, -0.15) is 0 Å². The van der Waals surface area contributed by atoms with Crippen LogP contribution in [0.3, 0.4) is 0 Å². The first-order chi connectivity index (χ1) is 7.01. The first-order valence-corrected chi connectivity index (χ1v) is 5.15. The summed E-state index contributed by atoms with van der Waals surface area (Å²) in [4.78, 5) is 11.7. The summed E-state index contributed by atoms with van der Waals surface area (Å²) in [6, 6.07) is 4.03. The van der Waals surface area contributed by atoms with Crippen molar-refractivity contribution in [2.45, 2.75) is 24.8 Å². The van der Waals surface area contributed by atoms with Crippen LogP contribution in [-0.4, -0.2) is 11.3 Å². The molecule has 0 bridgehead atoms. The molecule has 0 heterocycles. The Kier molecular flexibility index (Phi) is 2.52. The van der Waals surface area contributed by atoms with Crippen molar-refractivity contribution < 1.29 is 9.18 Å². The minimum atomic E-state index is -0.641. The monoisotopic (exact) mass is 227 g/mol. The maximum absolute atomic E-state index is 12.7. The van der Waals surface area contributed by atoms with Gasteiger partial charge in [0.25, 0.3) is 0 Å². The lowest BCUT2D eigenvalue weighted by molar-refractivity contribution is -0.120. The van der Waals surface area contributed by atoms with Crippen LogP contribution < -0.4 is 5.73 Å². The first-order valence-electron chi connectivity index (χ1n) is 4.77. The summed E-state index contributed by atoms with van der Waals surface area (Å²) in [5.74, 6) is -0.416. The SMILES string of the molecule is NC1(C(=O)Cc2ccc(F)cc2Cl)CC1. The summed E-state index contributed by atoms with van der Waals surface area (Å²) in [5.41, 5.74) is 5.75. The van der Waals surface area contributed by atoms with Crippen molar-refractivity contribution in [3.8, 4) is 0 Å². The Balaban J connectivity index is 2.14. The van der Waals surface area contributed by atoms with E-state index >= 15 is 0 Å². The highest BCUT2D eigenvalue weighted by atomic mass is 35.5. The van der Waals surface area contributed by atoms with Gasteiger partial charge in [0.15, 0.2) is 5.78 Å². The molecule has 0 amide bonds. The van der Waals surface area contributed by atoms with Crippen LogP contribution in [0.2, 0.25) is 5.02 Å². The molecule has 0 unspecified atom stereocenters. The Morgan fingerprint density at radius 1 is 1.53 bits per heavy atom. The average molecular weight is 228 g/mol. The first kappa shape index (κ1) is 10.6. The Labute approximate surface area is 92.2 Å². The molecule has 0 aliphatic heterocycles. The Morgan fingerprint density at radius 2 is 2.20 bits per heavy atom. The Bertz CT molecular complexity index is 415. The van der Waals surface area contributed by atoms with Crippen molar-refractivity contribution >= 4 is 17.4 Å². The maximum Gasteiger partial charge on any atom is 0.157 e. The normalized spacial score (nSPS) is 17.5. The minimum Gasteiger partial charge on any atom is -0.319 e. The van der Waals surface area contributed by atoms with Gasteiger partial charge in [-0.05, 0) is 30.5 Å². The zero-order valence-electron chi connectivity index (χ0n) is 8.09. The smallest absolute Gasteiger partial charge is 0.157 e. The molecule has 0 radical (unpaired) electrons. The van der Waals surface area contributed by atoms with Crippen LogP contribution in [0.5, 0.6) is 0 Å². The molecule has 15 heavy (non-hydrogen) atoms. The minimum absolute atomic E-state index is 0.0176. The molecule has 1 aromatic rings. The molecule has 1 fully saturated rings. The molecule has 1 aliphatic rings. The maximum atomic E-state index is 12.7. The highest BCUT2D eigenvalue weighted by Crippen LogP contribution is 2.34. The van der Waals surface area contributed by atoms with Gasteiger partial charge in [0.2, 0.25) is 0 Å². The second-order valence-electron chi connectivity index (χ2n) is 3.99. The predicted octanol–water partition coefficient (Wildman–Crippen LogP) is 2.08. The molecule has 80 valence electrons. The number of nitrogens with two attached hydrogens (primary N) is 1. The van der Waals surface area contributed by atoms with E-state index in [4.69, 9.17) is 17.3 Å². The average Bonchev–Trinajstić information content (AvgIpc) is 2.90. The van der Waals surface area contributed by atoms with E-state index in [1.54, 1.807) is 0 Å². The summed E-state index contributed by atoms with van der Waals surface area (Å²) in [6.07, 6.45) is 1.67. The van der Waals surface area contributed by atoms with Crippen LogP contribution in [0.1, 0.15) is 18.4 Å². The number of carbonyl (C=O) groups excluding carboxylic acids is 1. The van der Waals surface area contributed by atoms with Crippen molar-refractivity contribution in [3.05, 3.63) is 34.6 Å². The number of rotatable bonds is 3. The van der Waals surface area contributed by atoms with Crippen molar-refractivity contribution in [3.63, 3.8) is 0 Å². The van der Waals surface area contributed by atoms with Crippen LogP contribution in [0.25, 0.3) is 0 Å². The van der Waals surface area contributed by atoms with Gasteiger partial charge in [0.1, 0.15) is 5.82 Å². The van der Waals surface area contributed by atoms with Crippen LogP contribution >= 0.6 is 11.6 Å². The van der Waals surface area contributed by atoms with Gasteiger partial charge in [0.05, 0.1) is 5.54 Å². The topological polar surface area (TPSA) is 43.1 Å². The molecular weight excluding hydrogens is 217 g/mol. The van der Waals surface area contributed by atoms with E-state index in [0.717, 1.165) is 12.8 Å². The van der Waals surface area contributed by atoms with Crippen LogP contribution in [0, 0.1) is 5.82 Å². The fourth-order valence-electron chi connectivity index (χ4n) is 1.43. The fourth-order valence-corrected chi connectivity index (χ4v) is 1.66. The summed E-state index contributed by atoms with van der Waals surface area (Å²) in [5, 5.41) is 0.285. The summed E-state index contributed by atoms with van der Waals surface area (Å²) in [6.45, 7) is 0. The molecule has 1 saturated carbocycles. The molecule has 0 aromatic heterocycles. The van der Waals surface area contributed by atoms with E-state index in [2.05, 4.69) is 0 Å². The van der Waals surface area contributed by atoms with E-state index < -0.39 is 11.4 Å². The summed E-state index contributed by atoms with van der Waals surface area (Å²) in [7, 11) is 0. The quantitative estimate of drug-likeness (QED) is 0.859. The summed E-state index contributed by atoms with van der Waals surface area (Å²) < 4.78 is 12.7. The highest BCUT2D eigenvalue weighted by molar-refractivity contribution is 6.31. The number of carbonyl (C=O) groups is 1. The van der Waals surface area contributed by atoms with Crippen molar-refractivity contribution in [2.75, 3.05) is 0 Å². The number of ketones is 1. The van der Waals surface area contributed by atoms with Gasteiger partial charge in [-0.1, -0.05) is 17.7 Å². The standard InChI is InChI=1S/C11H11ClFNO/c12-9-6-8(13)2-1-7(9)5-10(15)11(14)3-4-11/h1-2,6H,3-5,14H2. The van der Waals surface area contributed by atoms with Crippen molar-refractivity contribution in [1.29, 1.82) is 0 Å². The number of hydrogen-bond acceptors (Lipinski definition) is 2. The van der Waals surface area contributed by atoms with E-state index in [1.807, 2.05) is 0 Å². The molecular formula is C11H11ClFNO. The molecule has 2 rings (SSSR count). The van der Waals surface area contributed by atoms with E-state index in [-0.39, 0.29) is 17.2 Å². The van der Waals surface area contributed by atoms with Crippen LogP contribution in [-0.2, 0) is 11.2 Å². The lowest BCUT2D eigenvalue weighted by Crippen LogP contribution is -2.34. The molecule has 0 atom stereocenters. The summed E-state index contributed by atoms with van der Waals surface area (Å²) >= 11 is 5.81. The second kappa shape index (κ2) is 3.58. The molecule has 0 saturated heterocycles. The van der Waals surface area contributed by atoms with Crippen LogP contribution in [0.4, 0.5) is 4.39 Å². The zero-order chi connectivity index (χ0) is 11.1. The van der Waals surface area contributed by atoms with Gasteiger partial charge < -0.3 is 5.73 Å². The van der Waals surface area contributed by atoms with Crippen LogP contribution in [0.15, 0.2) is 18.2 Å². The number of Topliss-reactive ketones (excluding diaryl/α,β-unsaturated/α-hetero) is 1.